The molecule has 2 aromatic rings. The van der Waals surface area contributed by atoms with Gasteiger partial charge in [-0.2, -0.15) is 5.26 Å². The van der Waals surface area contributed by atoms with E-state index in [1.165, 1.54) is 16.2 Å². The van der Waals surface area contributed by atoms with Crippen LogP contribution < -0.4 is 4.90 Å². The highest BCUT2D eigenvalue weighted by atomic mass is 35.5. The minimum Gasteiger partial charge on any atom is -0.288 e. The molecule has 0 fully saturated rings. The molecule has 2 heterocycles. The lowest BCUT2D eigenvalue weighted by molar-refractivity contribution is -0.117. The second-order valence-electron chi connectivity index (χ2n) is 5.27. The highest BCUT2D eigenvalue weighted by Crippen LogP contribution is 2.38. The molecule has 1 amide bonds. The lowest BCUT2D eigenvalue weighted by atomic mass is 10.00. The summed E-state index contributed by atoms with van der Waals surface area (Å²) in [5, 5.41) is 10.5. The Hall–Kier alpha value is -2.16. The summed E-state index contributed by atoms with van der Waals surface area (Å²) in [4.78, 5) is 19.6. The van der Waals surface area contributed by atoms with Crippen LogP contribution in [0.25, 0.3) is 0 Å². The number of hydrogen-bond donors (Lipinski definition) is 0. The van der Waals surface area contributed by atoms with Crippen molar-refractivity contribution in [3.63, 3.8) is 0 Å². The average Bonchev–Trinajstić information content (AvgIpc) is 2.74. The molecule has 0 bridgehead atoms. The lowest BCUT2D eigenvalue weighted by Gasteiger charge is -2.16. The number of fused-ring (bicyclic) bond motifs is 1. The first-order valence-electron chi connectivity index (χ1n) is 7.11. The number of carbonyl (C=O) groups is 1. The fraction of sp³-hybridized carbons (Fsp3) is 0.235. The molecular weight excluding hydrogens is 330 g/mol. The molecule has 0 unspecified atom stereocenters. The zero-order valence-electron chi connectivity index (χ0n) is 12.8. The summed E-state index contributed by atoms with van der Waals surface area (Å²) in [6, 6.07) is 9.51. The highest BCUT2D eigenvalue weighted by molar-refractivity contribution is 7.17. The number of nitriles is 1. The molecule has 0 N–H and O–H groups in total. The third-order valence-electron chi connectivity index (χ3n) is 3.87. The van der Waals surface area contributed by atoms with Crippen molar-refractivity contribution in [3.8, 4) is 6.07 Å². The number of anilines is 1. The van der Waals surface area contributed by atoms with Crippen LogP contribution in [-0.2, 0) is 4.79 Å². The Labute approximate surface area is 143 Å². The lowest BCUT2D eigenvalue weighted by Crippen LogP contribution is -2.32. The van der Waals surface area contributed by atoms with Crippen molar-refractivity contribution in [2.45, 2.75) is 13.8 Å². The normalized spacial score (nSPS) is 14.1. The van der Waals surface area contributed by atoms with Crippen molar-refractivity contribution < 1.29 is 4.79 Å². The predicted octanol–water partition coefficient (Wildman–Crippen LogP) is 3.73. The van der Waals surface area contributed by atoms with Crippen LogP contribution in [0.3, 0.4) is 0 Å². The van der Waals surface area contributed by atoms with Gasteiger partial charge >= 0.3 is 0 Å². The van der Waals surface area contributed by atoms with Crippen LogP contribution in [0.1, 0.15) is 21.6 Å². The van der Waals surface area contributed by atoms with Crippen molar-refractivity contribution in [3.05, 3.63) is 50.9 Å². The smallest absolute Gasteiger partial charge is 0.250 e. The number of aliphatic imine (C=N–C) groups is 1. The first-order valence-corrected chi connectivity index (χ1v) is 8.30. The van der Waals surface area contributed by atoms with Crippen molar-refractivity contribution in [1.29, 1.82) is 5.26 Å². The topological polar surface area (TPSA) is 56.5 Å². The second kappa shape index (κ2) is 6.15. The summed E-state index contributed by atoms with van der Waals surface area (Å²) in [5.74, 6) is -0.155. The Morgan fingerprint density at radius 1 is 1.35 bits per heavy atom. The van der Waals surface area contributed by atoms with Gasteiger partial charge in [0.2, 0.25) is 5.91 Å². The molecule has 1 aliphatic rings. The summed E-state index contributed by atoms with van der Waals surface area (Å²) in [6.45, 7) is 4.12. The van der Waals surface area contributed by atoms with Gasteiger partial charge in [-0.15, -0.1) is 11.3 Å². The third kappa shape index (κ3) is 2.76. The molecule has 1 aromatic carbocycles. The highest BCUT2D eigenvalue weighted by Gasteiger charge is 2.29. The maximum absolute atomic E-state index is 12.4. The molecule has 1 aliphatic heterocycles. The maximum Gasteiger partial charge on any atom is 0.250 e. The molecule has 0 spiro atoms. The van der Waals surface area contributed by atoms with E-state index in [1.807, 2.05) is 38.1 Å². The van der Waals surface area contributed by atoms with Crippen LogP contribution >= 0.6 is 22.9 Å². The summed E-state index contributed by atoms with van der Waals surface area (Å²) >= 11 is 7.50. The number of rotatable bonds is 2. The van der Waals surface area contributed by atoms with Gasteiger partial charge in [0.25, 0.3) is 0 Å². The molecule has 0 radical (unpaired) electrons. The first kappa shape index (κ1) is 15.7. The van der Waals surface area contributed by atoms with Gasteiger partial charge in [0.1, 0.15) is 18.1 Å². The van der Waals surface area contributed by atoms with Crippen molar-refractivity contribution in [2.24, 2.45) is 4.99 Å². The SMILES string of the molecule is Cc1sc2c(c1C)C(c1ccc(Cl)cc1)=NCC(=O)N2CC#N. The van der Waals surface area contributed by atoms with E-state index in [1.54, 1.807) is 0 Å². The molecule has 0 saturated heterocycles. The van der Waals surface area contributed by atoms with E-state index in [2.05, 4.69) is 11.1 Å². The number of nitrogens with zero attached hydrogens (tertiary/aromatic N) is 3. The minimum atomic E-state index is -0.155. The fourth-order valence-electron chi connectivity index (χ4n) is 2.58. The Bertz CT molecular complexity index is 846. The molecule has 1 aromatic heterocycles. The first-order chi connectivity index (χ1) is 11.0. The molecule has 0 atom stereocenters. The minimum absolute atomic E-state index is 0.0364. The fourth-order valence-corrected chi connectivity index (χ4v) is 3.88. The summed E-state index contributed by atoms with van der Waals surface area (Å²) in [7, 11) is 0. The van der Waals surface area contributed by atoms with Crippen LogP contribution in [0.15, 0.2) is 29.3 Å². The van der Waals surface area contributed by atoms with Crippen LogP contribution in [0, 0.1) is 25.2 Å². The molecule has 0 saturated carbocycles. The standard InChI is InChI=1S/C17H14ClN3OS/c1-10-11(2)23-17-15(10)16(12-3-5-13(18)6-4-12)20-9-14(22)21(17)8-7-19/h3-6H,8-9H2,1-2H3. The maximum atomic E-state index is 12.4. The number of thiophene rings is 1. The second-order valence-corrected chi connectivity index (χ2v) is 6.91. The number of carbonyl (C=O) groups excluding carboxylic acids is 1. The number of halogens is 1. The quantitative estimate of drug-likeness (QED) is 0.780. The molecule has 0 aliphatic carbocycles. The van der Waals surface area contributed by atoms with Crippen LogP contribution in [0.4, 0.5) is 5.00 Å². The number of amides is 1. The average molecular weight is 344 g/mol. The molecule has 116 valence electrons. The van der Waals surface area contributed by atoms with E-state index in [-0.39, 0.29) is 19.0 Å². The van der Waals surface area contributed by atoms with Crippen molar-refractivity contribution in [2.75, 3.05) is 18.0 Å². The van der Waals surface area contributed by atoms with Gasteiger partial charge in [-0.1, -0.05) is 23.7 Å². The van der Waals surface area contributed by atoms with E-state index >= 15 is 0 Å². The van der Waals surface area contributed by atoms with Gasteiger partial charge in [0, 0.05) is 21.0 Å². The number of benzene rings is 1. The summed E-state index contributed by atoms with van der Waals surface area (Å²) < 4.78 is 0. The van der Waals surface area contributed by atoms with E-state index in [0.29, 0.717) is 5.02 Å². The van der Waals surface area contributed by atoms with E-state index in [4.69, 9.17) is 16.9 Å². The van der Waals surface area contributed by atoms with Crippen LogP contribution in [-0.4, -0.2) is 24.7 Å². The van der Waals surface area contributed by atoms with Crippen LogP contribution in [0.2, 0.25) is 5.02 Å². The molecule has 6 heteroatoms. The van der Waals surface area contributed by atoms with Gasteiger partial charge in [0.15, 0.2) is 0 Å². The van der Waals surface area contributed by atoms with Gasteiger partial charge in [-0.25, -0.2) is 0 Å². The van der Waals surface area contributed by atoms with E-state index in [9.17, 15) is 4.79 Å². The van der Waals surface area contributed by atoms with Gasteiger partial charge < -0.3 is 0 Å². The monoisotopic (exact) mass is 343 g/mol. The number of hydrogen-bond acceptors (Lipinski definition) is 4. The summed E-state index contributed by atoms with van der Waals surface area (Å²) in [6.07, 6.45) is 0. The zero-order chi connectivity index (χ0) is 16.6. The Kier molecular flexibility index (Phi) is 4.20. The molecule has 3 rings (SSSR count). The van der Waals surface area contributed by atoms with E-state index < -0.39 is 0 Å². The Morgan fingerprint density at radius 2 is 2.04 bits per heavy atom. The van der Waals surface area contributed by atoms with Gasteiger partial charge in [0.05, 0.1) is 11.8 Å². The predicted molar refractivity (Wildman–Crippen MR) is 93.7 cm³/mol. The third-order valence-corrected chi connectivity index (χ3v) is 5.35. The Balaban J connectivity index is 2.22. The van der Waals surface area contributed by atoms with E-state index in [0.717, 1.165) is 32.3 Å². The molecule has 23 heavy (non-hydrogen) atoms. The molecule has 4 nitrogen and oxygen atoms in total. The van der Waals surface area contributed by atoms with Gasteiger partial charge in [-0.05, 0) is 31.5 Å². The van der Waals surface area contributed by atoms with Gasteiger partial charge in [-0.3, -0.25) is 14.7 Å². The largest absolute Gasteiger partial charge is 0.288 e. The Morgan fingerprint density at radius 3 is 2.70 bits per heavy atom. The zero-order valence-corrected chi connectivity index (χ0v) is 14.3. The van der Waals surface area contributed by atoms with Crippen LogP contribution in [0.5, 0.6) is 0 Å². The van der Waals surface area contributed by atoms with Crippen molar-refractivity contribution >= 4 is 39.6 Å². The molecular formula is C17H14ClN3OS. The number of aryl methyl sites for hydroxylation is 1. The van der Waals surface area contributed by atoms with Crippen molar-refractivity contribution in [1.82, 2.24) is 0 Å². The summed E-state index contributed by atoms with van der Waals surface area (Å²) in [5.41, 5.74) is 3.74.